The normalized spacial score (nSPS) is 15.6. The lowest BCUT2D eigenvalue weighted by atomic mass is 10.1. The summed E-state index contributed by atoms with van der Waals surface area (Å²) in [6.07, 6.45) is 1.31. The van der Waals surface area contributed by atoms with Crippen molar-refractivity contribution in [1.29, 1.82) is 0 Å². The quantitative estimate of drug-likeness (QED) is 0.335. The van der Waals surface area contributed by atoms with Crippen LogP contribution in [0.15, 0.2) is 83.4 Å². The number of thioether (sulfide) groups is 1. The van der Waals surface area contributed by atoms with Gasteiger partial charge >= 0.3 is 0 Å². The lowest BCUT2D eigenvalue weighted by molar-refractivity contribution is -0.136. The zero-order valence-corrected chi connectivity index (χ0v) is 21.1. The third-order valence-corrected chi connectivity index (χ3v) is 7.07. The molecule has 4 rings (SSSR count). The number of nitrogens with one attached hydrogen (secondary N) is 2. The van der Waals surface area contributed by atoms with Gasteiger partial charge in [-0.3, -0.25) is 24.1 Å². The van der Waals surface area contributed by atoms with Gasteiger partial charge < -0.3 is 10.6 Å². The van der Waals surface area contributed by atoms with Crippen molar-refractivity contribution in [2.45, 2.75) is 16.6 Å². The van der Waals surface area contributed by atoms with E-state index in [4.69, 9.17) is 11.6 Å². The second-order valence-electron chi connectivity index (χ2n) is 8.09. The van der Waals surface area contributed by atoms with Crippen molar-refractivity contribution in [3.05, 3.63) is 100 Å². The number of rotatable bonds is 7. The monoisotopic (exact) mass is 537 g/mol. The molecule has 4 amide bonds. The standard InChI is InChI=1S/C27H21ClFN3O4S/c1-32-24(33)15-23(27(32)36)37-18-12-10-17(11-13-18)30-26(35)22(14-19-20(28)8-5-9-21(19)29)31-25(34)16-6-3-2-4-7-16/h2-14,23H,15H2,1H3,(H,30,35)(H,31,34)/b22-14-. The van der Waals surface area contributed by atoms with Gasteiger partial charge in [0, 0.05) is 35.2 Å². The van der Waals surface area contributed by atoms with Gasteiger partial charge in [0.05, 0.1) is 10.3 Å². The molecule has 1 saturated heterocycles. The van der Waals surface area contributed by atoms with Crippen molar-refractivity contribution in [2.75, 3.05) is 12.4 Å². The molecule has 1 atom stereocenters. The predicted octanol–water partition coefficient (Wildman–Crippen LogP) is 4.74. The minimum atomic E-state index is -0.692. The lowest BCUT2D eigenvalue weighted by Gasteiger charge is -2.13. The highest BCUT2D eigenvalue weighted by Crippen LogP contribution is 2.31. The first kappa shape index (κ1) is 26.1. The van der Waals surface area contributed by atoms with Crippen LogP contribution in [0.5, 0.6) is 0 Å². The highest BCUT2D eigenvalue weighted by molar-refractivity contribution is 8.00. The number of carbonyl (C=O) groups is 4. The van der Waals surface area contributed by atoms with E-state index in [0.717, 1.165) is 9.80 Å². The van der Waals surface area contributed by atoms with Crippen LogP contribution in [0, 0.1) is 5.82 Å². The highest BCUT2D eigenvalue weighted by atomic mass is 35.5. The Morgan fingerprint density at radius 2 is 1.73 bits per heavy atom. The van der Waals surface area contributed by atoms with Crippen molar-refractivity contribution >= 4 is 58.8 Å². The molecule has 0 spiro atoms. The molecule has 0 radical (unpaired) electrons. The van der Waals surface area contributed by atoms with Gasteiger partial charge in [-0.05, 0) is 54.6 Å². The van der Waals surface area contributed by atoms with Crippen LogP contribution in [0.3, 0.4) is 0 Å². The predicted molar refractivity (Wildman–Crippen MR) is 140 cm³/mol. The van der Waals surface area contributed by atoms with Crippen LogP contribution in [0.25, 0.3) is 6.08 Å². The smallest absolute Gasteiger partial charge is 0.272 e. The van der Waals surface area contributed by atoms with Gasteiger partial charge in [0.25, 0.3) is 11.8 Å². The summed E-state index contributed by atoms with van der Waals surface area (Å²) < 4.78 is 14.4. The van der Waals surface area contributed by atoms with E-state index in [1.807, 2.05) is 0 Å². The molecule has 1 aliphatic rings. The molecular formula is C27H21ClFN3O4S. The molecule has 0 bridgehead atoms. The van der Waals surface area contributed by atoms with E-state index in [2.05, 4.69) is 10.6 Å². The topological polar surface area (TPSA) is 95.6 Å². The number of carbonyl (C=O) groups excluding carboxylic acids is 4. The summed E-state index contributed by atoms with van der Waals surface area (Å²) >= 11 is 7.39. The van der Waals surface area contributed by atoms with Crippen LogP contribution < -0.4 is 10.6 Å². The van der Waals surface area contributed by atoms with Crippen LogP contribution in [0.1, 0.15) is 22.3 Å². The summed E-state index contributed by atoms with van der Waals surface area (Å²) in [5, 5.41) is 4.79. The van der Waals surface area contributed by atoms with Crippen molar-refractivity contribution in [2.24, 2.45) is 0 Å². The van der Waals surface area contributed by atoms with Crippen LogP contribution in [0.2, 0.25) is 5.02 Å². The Bertz CT molecular complexity index is 1380. The molecule has 37 heavy (non-hydrogen) atoms. The molecule has 1 heterocycles. The Morgan fingerprint density at radius 3 is 2.35 bits per heavy atom. The molecule has 188 valence electrons. The fourth-order valence-electron chi connectivity index (χ4n) is 3.53. The molecule has 1 unspecified atom stereocenters. The molecule has 1 aliphatic heterocycles. The molecular weight excluding hydrogens is 517 g/mol. The summed E-state index contributed by atoms with van der Waals surface area (Å²) in [7, 11) is 1.46. The van der Waals surface area contributed by atoms with E-state index in [0.29, 0.717) is 11.3 Å². The summed E-state index contributed by atoms with van der Waals surface area (Å²) in [4.78, 5) is 51.6. The van der Waals surface area contributed by atoms with Gasteiger partial charge in [-0.1, -0.05) is 35.9 Å². The zero-order valence-electron chi connectivity index (χ0n) is 19.5. The highest BCUT2D eigenvalue weighted by Gasteiger charge is 2.36. The number of hydrogen-bond donors (Lipinski definition) is 2. The Kier molecular flexibility index (Phi) is 8.05. The Labute approximate surface area is 221 Å². The lowest BCUT2D eigenvalue weighted by Crippen LogP contribution is -2.30. The average Bonchev–Trinajstić information content (AvgIpc) is 3.13. The van der Waals surface area contributed by atoms with Crippen LogP contribution in [-0.2, 0) is 14.4 Å². The molecule has 3 aromatic carbocycles. The number of benzene rings is 3. The average molecular weight is 538 g/mol. The Morgan fingerprint density at radius 1 is 1.03 bits per heavy atom. The Balaban J connectivity index is 1.53. The molecule has 10 heteroatoms. The van der Waals surface area contributed by atoms with Gasteiger partial charge in [-0.2, -0.15) is 0 Å². The minimum absolute atomic E-state index is 0.0461. The summed E-state index contributed by atoms with van der Waals surface area (Å²) in [6.45, 7) is 0. The number of halogens is 2. The zero-order chi connectivity index (χ0) is 26.5. The molecule has 0 saturated carbocycles. The van der Waals surface area contributed by atoms with E-state index in [-0.39, 0.29) is 34.5 Å². The maximum atomic E-state index is 14.4. The number of nitrogens with zero attached hydrogens (tertiary/aromatic N) is 1. The van der Waals surface area contributed by atoms with E-state index in [9.17, 15) is 23.6 Å². The number of anilines is 1. The molecule has 3 aromatic rings. The Hall–Kier alpha value is -3.95. The maximum absolute atomic E-state index is 14.4. The van der Waals surface area contributed by atoms with Gasteiger partial charge in [0.1, 0.15) is 11.5 Å². The molecule has 2 N–H and O–H groups in total. The third kappa shape index (κ3) is 6.25. The summed E-state index contributed by atoms with van der Waals surface area (Å²) in [6, 6.07) is 19.0. The molecule has 1 fully saturated rings. The van der Waals surface area contributed by atoms with Crippen LogP contribution in [-0.4, -0.2) is 40.8 Å². The second-order valence-corrected chi connectivity index (χ2v) is 9.78. The van der Waals surface area contributed by atoms with Crippen LogP contribution in [0.4, 0.5) is 10.1 Å². The van der Waals surface area contributed by atoms with Gasteiger partial charge in [-0.15, -0.1) is 11.8 Å². The fraction of sp³-hybridized carbons (Fsp3) is 0.111. The molecule has 0 aromatic heterocycles. The number of hydrogen-bond acceptors (Lipinski definition) is 5. The largest absolute Gasteiger partial charge is 0.321 e. The van der Waals surface area contributed by atoms with E-state index < -0.39 is 22.9 Å². The van der Waals surface area contributed by atoms with Crippen molar-refractivity contribution < 1.29 is 23.6 Å². The van der Waals surface area contributed by atoms with E-state index in [1.165, 1.54) is 43.1 Å². The second kappa shape index (κ2) is 11.4. The summed E-state index contributed by atoms with van der Waals surface area (Å²) in [5.41, 5.74) is 0.458. The first-order valence-electron chi connectivity index (χ1n) is 11.1. The van der Waals surface area contributed by atoms with Crippen molar-refractivity contribution in [3.63, 3.8) is 0 Å². The SMILES string of the molecule is CN1C(=O)CC(Sc2ccc(NC(=O)/C(=C/c3c(F)cccc3Cl)NC(=O)c3ccccc3)cc2)C1=O. The van der Waals surface area contributed by atoms with Gasteiger partial charge in [-0.25, -0.2) is 4.39 Å². The fourth-order valence-corrected chi connectivity index (χ4v) is 4.85. The first-order valence-corrected chi connectivity index (χ1v) is 12.4. The van der Waals surface area contributed by atoms with Crippen molar-refractivity contribution in [1.82, 2.24) is 10.2 Å². The van der Waals surface area contributed by atoms with Crippen LogP contribution >= 0.6 is 23.4 Å². The van der Waals surface area contributed by atoms with Crippen molar-refractivity contribution in [3.8, 4) is 0 Å². The van der Waals surface area contributed by atoms with Gasteiger partial charge in [0.15, 0.2) is 0 Å². The minimum Gasteiger partial charge on any atom is -0.321 e. The van der Waals surface area contributed by atoms with E-state index >= 15 is 0 Å². The summed E-state index contributed by atoms with van der Waals surface area (Å²) in [5.74, 6) is -2.37. The number of likely N-dealkylation sites (tertiary alicyclic amines) is 1. The molecule has 7 nitrogen and oxygen atoms in total. The third-order valence-electron chi connectivity index (χ3n) is 5.55. The molecule has 0 aliphatic carbocycles. The maximum Gasteiger partial charge on any atom is 0.272 e. The number of imide groups is 1. The number of amides is 4. The van der Waals surface area contributed by atoms with E-state index in [1.54, 1.807) is 54.6 Å². The van der Waals surface area contributed by atoms with Gasteiger partial charge in [0.2, 0.25) is 11.8 Å². The first-order chi connectivity index (χ1) is 17.7.